The molecule has 2 fully saturated rings. The topological polar surface area (TPSA) is 58.9 Å². The highest BCUT2D eigenvalue weighted by molar-refractivity contribution is 5.40. The highest BCUT2D eigenvalue weighted by Gasteiger charge is 2.50. The quantitative estimate of drug-likeness (QED) is 0.577. The molecular formula is C17H26N2O2. The Balaban J connectivity index is 2.07. The van der Waals surface area contributed by atoms with Crippen molar-refractivity contribution in [2.45, 2.75) is 77.3 Å². The minimum absolute atomic E-state index is 0.292. The monoisotopic (exact) mass is 290 g/mol. The third-order valence-corrected chi connectivity index (χ3v) is 5.64. The summed E-state index contributed by atoms with van der Waals surface area (Å²) in [5, 5.41) is 0. The number of nitrogens with zero attached hydrogens (tertiary/aromatic N) is 2. The first-order valence-electron chi connectivity index (χ1n) is 8.21. The summed E-state index contributed by atoms with van der Waals surface area (Å²) in [5.74, 6) is 1.51. The predicted octanol–water partition coefficient (Wildman–Crippen LogP) is 4.15. The summed E-state index contributed by atoms with van der Waals surface area (Å²) in [4.78, 5) is 29.3. The van der Waals surface area contributed by atoms with E-state index in [1.54, 1.807) is 12.2 Å². The molecule has 0 heterocycles. The van der Waals surface area contributed by atoms with Gasteiger partial charge in [-0.15, -0.1) is 0 Å². The van der Waals surface area contributed by atoms with Crippen LogP contribution in [0.3, 0.4) is 0 Å². The predicted molar refractivity (Wildman–Crippen MR) is 81.3 cm³/mol. The molecule has 2 saturated carbocycles. The molecule has 0 aromatic carbocycles. The van der Waals surface area contributed by atoms with E-state index in [2.05, 4.69) is 23.8 Å². The van der Waals surface area contributed by atoms with E-state index in [0.29, 0.717) is 12.3 Å². The first-order chi connectivity index (χ1) is 10.0. The number of hydrogen-bond donors (Lipinski definition) is 0. The fourth-order valence-corrected chi connectivity index (χ4v) is 4.42. The van der Waals surface area contributed by atoms with Crippen molar-refractivity contribution in [2.75, 3.05) is 0 Å². The molecule has 0 radical (unpaired) electrons. The van der Waals surface area contributed by atoms with Crippen molar-refractivity contribution in [3.63, 3.8) is 0 Å². The smallest absolute Gasteiger partial charge is 0.211 e. The van der Waals surface area contributed by atoms with Crippen LogP contribution in [0.4, 0.5) is 0 Å². The van der Waals surface area contributed by atoms with Gasteiger partial charge in [0.1, 0.15) is 0 Å². The second-order valence-electron chi connectivity index (χ2n) is 7.46. The number of aliphatic imine (C=N–C) groups is 2. The van der Waals surface area contributed by atoms with Crippen molar-refractivity contribution in [2.24, 2.45) is 27.2 Å². The van der Waals surface area contributed by atoms with Gasteiger partial charge in [0.15, 0.2) is 5.66 Å². The Morgan fingerprint density at radius 3 is 2.10 bits per heavy atom. The average Bonchev–Trinajstić information content (AvgIpc) is 2.44. The van der Waals surface area contributed by atoms with Gasteiger partial charge in [0, 0.05) is 5.41 Å². The zero-order valence-electron chi connectivity index (χ0n) is 13.2. The van der Waals surface area contributed by atoms with E-state index < -0.39 is 5.66 Å². The molecule has 0 N–H and O–H groups in total. The second-order valence-corrected chi connectivity index (χ2v) is 7.46. The van der Waals surface area contributed by atoms with Gasteiger partial charge in [0.2, 0.25) is 12.2 Å². The van der Waals surface area contributed by atoms with Crippen molar-refractivity contribution < 1.29 is 9.59 Å². The van der Waals surface area contributed by atoms with E-state index >= 15 is 0 Å². The molecule has 4 nitrogen and oxygen atoms in total. The molecule has 0 aromatic rings. The van der Waals surface area contributed by atoms with Crippen LogP contribution in [-0.4, -0.2) is 17.8 Å². The van der Waals surface area contributed by atoms with Crippen LogP contribution in [0.2, 0.25) is 0 Å². The number of hydrogen-bond acceptors (Lipinski definition) is 4. The third-order valence-electron chi connectivity index (χ3n) is 5.64. The summed E-state index contributed by atoms with van der Waals surface area (Å²) in [6.45, 7) is 4.11. The number of isocyanates is 2. The lowest BCUT2D eigenvalue weighted by atomic mass is 9.63. The molecule has 0 aliphatic heterocycles. The van der Waals surface area contributed by atoms with Crippen LogP contribution in [0, 0.1) is 17.3 Å². The molecule has 21 heavy (non-hydrogen) atoms. The zero-order valence-corrected chi connectivity index (χ0v) is 13.2. The molecule has 0 saturated heterocycles. The first kappa shape index (κ1) is 16.1. The normalized spacial score (nSPS) is 32.8. The van der Waals surface area contributed by atoms with E-state index in [-0.39, 0.29) is 5.41 Å². The maximum absolute atomic E-state index is 10.8. The zero-order chi connectivity index (χ0) is 15.3. The summed E-state index contributed by atoms with van der Waals surface area (Å²) >= 11 is 0. The second kappa shape index (κ2) is 6.68. The van der Waals surface area contributed by atoms with Crippen LogP contribution < -0.4 is 0 Å². The minimum Gasteiger partial charge on any atom is -0.211 e. The van der Waals surface area contributed by atoms with E-state index in [1.807, 2.05) is 0 Å². The highest BCUT2D eigenvalue weighted by atomic mass is 16.1. The van der Waals surface area contributed by atoms with Gasteiger partial charge >= 0.3 is 0 Å². The molecule has 2 aliphatic rings. The Hall–Kier alpha value is -1.24. The lowest BCUT2D eigenvalue weighted by molar-refractivity contribution is 0.0587. The molecule has 0 aromatic heterocycles. The molecular weight excluding hydrogens is 264 g/mol. The molecule has 2 rings (SSSR count). The Labute approximate surface area is 127 Å². The maximum atomic E-state index is 10.8. The Bertz CT molecular complexity index is 435. The van der Waals surface area contributed by atoms with E-state index in [4.69, 9.17) is 0 Å². The van der Waals surface area contributed by atoms with Gasteiger partial charge in [-0.1, -0.05) is 46.0 Å². The lowest BCUT2D eigenvalue weighted by Crippen LogP contribution is -2.46. The van der Waals surface area contributed by atoms with Crippen molar-refractivity contribution in [3.8, 4) is 0 Å². The molecule has 2 aliphatic carbocycles. The van der Waals surface area contributed by atoms with Crippen LogP contribution >= 0.6 is 0 Å². The molecule has 0 spiro atoms. The summed E-state index contributed by atoms with van der Waals surface area (Å²) in [7, 11) is 0. The van der Waals surface area contributed by atoms with Crippen molar-refractivity contribution in [3.05, 3.63) is 0 Å². The largest absolute Gasteiger partial charge is 0.237 e. The van der Waals surface area contributed by atoms with Crippen LogP contribution in [0.15, 0.2) is 9.98 Å². The van der Waals surface area contributed by atoms with Gasteiger partial charge < -0.3 is 0 Å². The Morgan fingerprint density at radius 2 is 1.57 bits per heavy atom. The molecule has 1 atom stereocenters. The standard InChI is InChI=1S/C17H26N2O2/c1-16(2)11-15(10-14-6-4-3-5-7-14)8-9-17(16,18-12-20)19-13-21/h14-15H,3-11H2,1-2H3. The van der Waals surface area contributed by atoms with Crippen molar-refractivity contribution in [1.82, 2.24) is 0 Å². The maximum Gasteiger partial charge on any atom is 0.237 e. The van der Waals surface area contributed by atoms with Crippen molar-refractivity contribution in [1.29, 1.82) is 0 Å². The summed E-state index contributed by atoms with van der Waals surface area (Å²) < 4.78 is 0. The van der Waals surface area contributed by atoms with Gasteiger partial charge in [-0.25, -0.2) is 9.59 Å². The van der Waals surface area contributed by atoms with Gasteiger partial charge in [-0.3, -0.25) is 0 Å². The number of rotatable bonds is 4. The minimum atomic E-state index is -0.945. The Kier molecular flexibility index (Phi) is 5.13. The fraction of sp³-hybridized carbons (Fsp3) is 0.882. The number of carbonyl (C=O) groups excluding carboxylic acids is 2. The van der Waals surface area contributed by atoms with E-state index in [9.17, 15) is 9.59 Å². The van der Waals surface area contributed by atoms with Crippen LogP contribution in [-0.2, 0) is 9.59 Å². The van der Waals surface area contributed by atoms with Crippen LogP contribution in [0.25, 0.3) is 0 Å². The first-order valence-corrected chi connectivity index (χ1v) is 8.21. The average molecular weight is 290 g/mol. The summed E-state index contributed by atoms with van der Waals surface area (Å²) in [5.41, 5.74) is -1.24. The summed E-state index contributed by atoms with van der Waals surface area (Å²) in [6, 6.07) is 0. The molecule has 4 heteroatoms. The van der Waals surface area contributed by atoms with Crippen LogP contribution in [0.5, 0.6) is 0 Å². The van der Waals surface area contributed by atoms with E-state index in [1.165, 1.54) is 38.5 Å². The Morgan fingerprint density at radius 1 is 0.952 bits per heavy atom. The van der Waals surface area contributed by atoms with Crippen molar-refractivity contribution >= 4 is 12.2 Å². The fourth-order valence-electron chi connectivity index (χ4n) is 4.42. The van der Waals surface area contributed by atoms with Gasteiger partial charge in [-0.2, -0.15) is 9.98 Å². The van der Waals surface area contributed by atoms with E-state index in [0.717, 1.165) is 18.8 Å². The molecule has 1 unspecified atom stereocenters. The molecule has 0 bridgehead atoms. The third kappa shape index (κ3) is 3.51. The molecule has 0 amide bonds. The lowest BCUT2D eigenvalue weighted by Gasteiger charge is -2.46. The van der Waals surface area contributed by atoms with Gasteiger partial charge in [0.05, 0.1) is 0 Å². The highest BCUT2D eigenvalue weighted by Crippen LogP contribution is 2.51. The SMILES string of the molecule is CC1(C)CC(CC2CCCCC2)CCC1(N=C=O)N=C=O. The van der Waals surface area contributed by atoms with Crippen LogP contribution in [0.1, 0.15) is 71.6 Å². The van der Waals surface area contributed by atoms with Gasteiger partial charge in [0.25, 0.3) is 0 Å². The molecule has 116 valence electrons. The summed E-state index contributed by atoms with van der Waals surface area (Å²) in [6.07, 6.45) is 14.0. The van der Waals surface area contributed by atoms with Gasteiger partial charge in [-0.05, 0) is 37.5 Å².